The van der Waals surface area contributed by atoms with Crippen LogP contribution in [0.4, 0.5) is 0 Å². The predicted octanol–water partition coefficient (Wildman–Crippen LogP) is -2.21. The van der Waals surface area contributed by atoms with Gasteiger partial charge in [0.25, 0.3) is 0 Å². The largest absolute Gasteiger partial charge is 0.388 e. The number of aliphatic hydroxyl groups is 2. The van der Waals surface area contributed by atoms with Crippen molar-refractivity contribution in [2.75, 3.05) is 6.61 Å². The van der Waals surface area contributed by atoms with E-state index in [1.165, 1.54) is 0 Å². The average molecular weight is 161 g/mol. The molecule has 0 saturated carbocycles. The summed E-state index contributed by atoms with van der Waals surface area (Å²) < 4.78 is 10.2. The number of nitrogens with two attached hydrogens (primary N) is 1. The maximum absolute atomic E-state index is 9.29. The van der Waals surface area contributed by atoms with E-state index in [0.717, 1.165) is 0 Å². The quantitative estimate of drug-likeness (QED) is 0.375. The summed E-state index contributed by atoms with van der Waals surface area (Å²) in [6.45, 7) is 0.361. The Morgan fingerprint density at radius 3 is 2.73 bits per heavy atom. The Morgan fingerprint density at radius 2 is 2.00 bits per heavy atom. The van der Waals surface area contributed by atoms with Crippen LogP contribution in [0.25, 0.3) is 0 Å². The van der Waals surface area contributed by atoms with E-state index < -0.39 is 24.5 Å². The molecule has 0 spiro atoms. The Morgan fingerprint density at radius 1 is 1.27 bits per heavy atom. The van der Waals surface area contributed by atoms with Crippen LogP contribution >= 0.6 is 0 Å². The van der Waals surface area contributed by atoms with Gasteiger partial charge in [-0.25, -0.2) is 0 Å². The van der Waals surface area contributed by atoms with Gasteiger partial charge in [-0.2, -0.15) is 0 Å². The van der Waals surface area contributed by atoms with Gasteiger partial charge in [-0.05, 0) is 0 Å². The zero-order valence-electron chi connectivity index (χ0n) is 5.88. The van der Waals surface area contributed by atoms with Crippen LogP contribution in [-0.2, 0) is 9.47 Å². The summed E-state index contributed by atoms with van der Waals surface area (Å²) in [7, 11) is 0. The Kier molecular flexibility index (Phi) is 1.62. The standard InChI is InChI=1S/C6H11NO4/c7-3-2-1-10-6(11-2)5(9)4(3)8/h2-6,8-9H,1,7H2. The molecule has 11 heavy (non-hydrogen) atoms. The fourth-order valence-electron chi connectivity index (χ4n) is 1.43. The third kappa shape index (κ3) is 0.969. The molecule has 64 valence electrons. The van der Waals surface area contributed by atoms with E-state index in [9.17, 15) is 10.2 Å². The van der Waals surface area contributed by atoms with E-state index in [1.807, 2.05) is 0 Å². The first-order valence-corrected chi connectivity index (χ1v) is 3.59. The summed E-state index contributed by atoms with van der Waals surface area (Å²) >= 11 is 0. The molecule has 0 aromatic carbocycles. The van der Waals surface area contributed by atoms with E-state index in [0.29, 0.717) is 6.61 Å². The minimum atomic E-state index is -1.01. The Hall–Kier alpha value is -0.200. The van der Waals surface area contributed by atoms with Crippen molar-refractivity contribution in [1.82, 2.24) is 0 Å². The van der Waals surface area contributed by atoms with Crippen LogP contribution in [0.2, 0.25) is 0 Å². The third-order valence-electron chi connectivity index (χ3n) is 2.19. The molecule has 0 aromatic heterocycles. The smallest absolute Gasteiger partial charge is 0.186 e. The van der Waals surface area contributed by atoms with Gasteiger partial charge in [-0.1, -0.05) is 0 Å². The molecule has 0 radical (unpaired) electrons. The Balaban J connectivity index is 2.16. The number of ether oxygens (including phenoxy) is 2. The highest BCUT2D eigenvalue weighted by molar-refractivity contribution is 4.95. The minimum Gasteiger partial charge on any atom is -0.388 e. The van der Waals surface area contributed by atoms with Crippen LogP contribution in [0.5, 0.6) is 0 Å². The van der Waals surface area contributed by atoms with Gasteiger partial charge < -0.3 is 25.4 Å². The maximum atomic E-state index is 9.29. The summed E-state index contributed by atoms with van der Waals surface area (Å²) in [6, 6.07) is -0.538. The molecule has 0 aromatic rings. The van der Waals surface area contributed by atoms with E-state index >= 15 is 0 Å². The lowest BCUT2D eigenvalue weighted by molar-refractivity contribution is -0.198. The van der Waals surface area contributed by atoms with Gasteiger partial charge in [0.2, 0.25) is 0 Å². The minimum absolute atomic E-state index is 0.265. The van der Waals surface area contributed by atoms with Gasteiger partial charge in [-0.15, -0.1) is 0 Å². The van der Waals surface area contributed by atoms with Crippen LogP contribution in [0.3, 0.4) is 0 Å². The number of fused-ring (bicyclic) bond motifs is 2. The highest BCUT2D eigenvalue weighted by Gasteiger charge is 2.47. The monoisotopic (exact) mass is 161 g/mol. The van der Waals surface area contributed by atoms with Crippen molar-refractivity contribution >= 4 is 0 Å². The number of hydrogen-bond acceptors (Lipinski definition) is 5. The second kappa shape index (κ2) is 2.40. The molecule has 2 bridgehead atoms. The molecule has 5 atom stereocenters. The molecule has 2 rings (SSSR count). The van der Waals surface area contributed by atoms with Gasteiger partial charge in [0.15, 0.2) is 6.29 Å². The van der Waals surface area contributed by atoms with Gasteiger partial charge in [0.05, 0.1) is 12.6 Å². The molecule has 2 heterocycles. The summed E-state index contributed by atoms with van der Waals surface area (Å²) in [5.74, 6) is 0. The molecule has 0 amide bonds. The van der Waals surface area contributed by atoms with Crippen LogP contribution in [0.1, 0.15) is 0 Å². The second-order valence-electron chi connectivity index (χ2n) is 2.93. The summed E-state index contributed by atoms with van der Waals surface area (Å²) in [4.78, 5) is 0. The number of hydrogen-bond donors (Lipinski definition) is 3. The number of rotatable bonds is 0. The average Bonchev–Trinajstić information content (AvgIpc) is 2.44. The molecule has 0 aliphatic carbocycles. The number of aliphatic hydroxyl groups excluding tert-OH is 2. The second-order valence-corrected chi connectivity index (χ2v) is 2.93. The van der Waals surface area contributed by atoms with Crippen molar-refractivity contribution in [1.29, 1.82) is 0 Å². The Labute approximate surface area is 63.7 Å². The third-order valence-corrected chi connectivity index (χ3v) is 2.19. The van der Waals surface area contributed by atoms with Crippen LogP contribution in [-0.4, -0.2) is 47.5 Å². The first-order chi connectivity index (χ1) is 5.20. The first kappa shape index (κ1) is 7.45. The fourth-order valence-corrected chi connectivity index (χ4v) is 1.43. The van der Waals surface area contributed by atoms with Gasteiger partial charge in [0, 0.05) is 0 Å². The molecular weight excluding hydrogens is 150 g/mol. The fraction of sp³-hybridized carbons (Fsp3) is 1.00. The van der Waals surface area contributed by atoms with Crippen LogP contribution in [0.15, 0.2) is 0 Å². The Bertz CT molecular complexity index is 145. The summed E-state index contributed by atoms with van der Waals surface area (Å²) in [6.07, 6.45) is -2.89. The van der Waals surface area contributed by atoms with Gasteiger partial charge in [-0.3, -0.25) is 0 Å². The van der Waals surface area contributed by atoms with Crippen LogP contribution < -0.4 is 5.73 Å². The molecule has 2 aliphatic rings. The summed E-state index contributed by atoms with van der Waals surface area (Å²) in [5.41, 5.74) is 5.54. The van der Waals surface area contributed by atoms with E-state index in [2.05, 4.69) is 0 Å². The molecule has 2 aliphatic heterocycles. The molecule has 5 heteroatoms. The predicted molar refractivity (Wildman–Crippen MR) is 34.6 cm³/mol. The van der Waals surface area contributed by atoms with Crippen molar-refractivity contribution in [3.8, 4) is 0 Å². The molecular formula is C6H11NO4. The normalized spacial score (nSPS) is 56.5. The summed E-state index contributed by atoms with van der Waals surface area (Å²) in [5, 5.41) is 18.5. The highest BCUT2D eigenvalue weighted by atomic mass is 16.7. The van der Waals surface area contributed by atoms with Crippen molar-refractivity contribution in [2.24, 2.45) is 5.73 Å². The maximum Gasteiger partial charge on any atom is 0.186 e. The van der Waals surface area contributed by atoms with Crippen molar-refractivity contribution in [3.63, 3.8) is 0 Å². The SMILES string of the molecule is NC1C2COC(O2)C(O)C1O. The van der Waals surface area contributed by atoms with Crippen molar-refractivity contribution < 1.29 is 19.7 Å². The lowest BCUT2D eigenvalue weighted by atomic mass is 9.99. The molecule has 5 unspecified atom stereocenters. The zero-order chi connectivity index (χ0) is 8.01. The van der Waals surface area contributed by atoms with E-state index in [4.69, 9.17) is 15.2 Å². The lowest BCUT2D eigenvalue weighted by Gasteiger charge is -2.33. The van der Waals surface area contributed by atoms with Crippen LogP contribution in [0, 0.1) is 0 Å². The molecule has 5 nitrogen and oxygen atoms in total. The first-order valence-electron chi connectivity index (χ1n) is 3.59. The van der Waals surface area contributed by atoms with Gasteiger partial charge >= 0.3 is 0 Å². The van der Waals surface area contributed by atoms with E-state index in [-0.39, 0.29) is 6.10 Å². The highest BCUT2D eigenvalue weighted by Crippen LogP contribution is 2.26. The van der Waals surface area contributed by atoms with Crippen molar-refractivity contribution in [3.05, 3.63) is 0 Å². The zero-order valence-corrected chi connectivity index (χ0v) is 5.88. The lowest BCUT2D eigenvalue weighted by Crippen LogP contribution is -2.57. The molecule has 4 N–H and O–H groups in total. The molecule has 2 saturated heterocycles. The topological polar surface area (TPSA) is 84.9 Å². The van der Waals surface area contributed by atoms with E-state index in [1.54, 1.807) is 0 Å². The molecule has 2 fully saturated rings. The van der Waals surface area contributed by atoms with Gasteiger partial charge in [0.1, 0.15) is 18.3 Å². The van der Waals surface area contributed by atoms with Crippen molar-refractivity contribution in [2.45, 2.75) is 30.6 Å².